The van der Waals surface area contributed by atoms with Crippen LogP contribution in [0.5, 0.6) is 0 Å². The number of benzene rings is 1. The summed E-state index contributed by atoms with van der Waals surface area (Å²) in [6, 6.07) is 3.13. The molecule has 0 unspecified atom stereocenters. The van der Waals surface area contributed by atoms with Gasteiger partial charge in [0.2, 0.25) is 0 Å². The number of hydrogen-bond donors (Lipinski definition) is 0. The van der Waals surface area contributed by atoms with Crippen LogP contribution < -0.4 is 4.90 Å². The van der Waals surface area contributed by atoms with Crippen LogP contribution in [-0.4, -0.2) is 45.9 Å². The maximum atomic E-state index is 13.9. The first kappa shape index (κ1) is 22.2. The second-order valence-corrected chi connectivity index (χ2v) is 8.26. The molecule has 0 saturated carbocycles. The second-order valence-electron chi connectivity index (χ2n) is 8.26. The van der Waals surface area contributed by atoms with Crippen LogP contribution in [0.25, 0.3) is 0 Å². The van der Waals surface area contributed by atoms with E-state index in [0.29, 0.717) is 44.1 Å². The van der Waals surface area contributed by atoms with Crippen LogP contribution >= 0.6 is 0 Å². The third kappa shape index (κ3) is 4.31. The van der Waals surface area contributed by atoms with Gasteiger partial charge < -0.3 is 9.47 Å². The number of rotatable bonds is 6. The molecule has 8 heteroatoms. The van der Waals surface area contributed by atoms with Crippen molar-refractivity contribution < 1.29 is 18.4 Å². The van der Waals surface area contributed by atoms with E-state index in [4.69, 9.17) is 4.98 Å². The lowest BCUT2D eigenvalue weighted by Gasteiger charge is -2.27. The van der Waals surface area contributed by atoms with Crippen molar-refractivity contribution in [2.75, 3.05) is 24.5 Å². The third-order valence-electron chi connectivity index (χ3n) is 6.01. The SMILES string of the molecule is CCCCN(C(=O)c1ccc(F)c(F)c1)c1nc2n(c1C(=O)N1CC=CCC1)CCCC2. The van der Waals surface area contributed by atoms with Crippen molar-refractivity contribution in [3.63, 3.8) is 0 Å². The van der Waals surface area contributed by atoms with E-state index in [1.54, 1.807) is 4.90 Å². The molecule has 0 N–H and O–H groups in total. The molecule has 2 amide bonds. The van der Waals surface area contributed by atoms with E-state index < -0.39 is 17.5 Å². The fraction of sp³-hybridized carbons (Fsp3) is 0.458. The Labute approximate surface area is 186 Å². The largest absolute Gasteiger partial charge is 0.333 e. The maximum Gasteiger partial charge on any atom is 0.274 e. The van der Waals surface area contributed by atoms with Crippen LogP contribution in [-0.2, 0) is 13.0 Å². The van der Waals surface area contributed by atoms with E-state index in [1.165, 1.54) is 11.0 Å². The quantitative estimate of drug-likeness (QED) is 0.625. The zero-order valence-corrected chi connectivity index (χ0v) is 18.3. The molecule has 1 aromatic heterocycles. The van der Waals surface area contributed by atoms with E-state index in [0.717, 1.165) is 50.1 Å². The minimum absolute atomic E-state index is 0.0327. The number of nitrogens with zero attached hydrogens (tertiary/aromatic N) is 4. The fourth-order valence-electron chi connectivity index (χ4n) is 4.25. The Bertz CT molecular complexity index is 1050. The molecular formula is C24H28F2N4O2. The molecule has 170 valence electrons. The van der Waals surface area contributed by atoms with Crippen molar-refractivity contribution in [3.05, 3.63) is 59.1 Å². The van der Waals surface area contributed by atoms with Gasteiger partial charge in [0.15, 0.2) is 23.1 Å². The van der Waals surface area contributed by atoms with Crippen LogP contribution in [0.15, 0.2) is 30.4 Å². The van der Waals surface area contributed by atoms with Gasteiger partial charge in [-0.3, -0.25) is 14.5 Å². The number of amides is 2. The fourth-order valence-corrected chi connectivity index (χ4v) is 4.25. The van der Waals surface area contributed by atoms with Crippen LogP contribution in [0.3, 0.4) is 0 Å². The van der Waals surface area contributed by atoms with Crippen molar-refractivity contribution in [3.8, 4) is 0 Å². The predicted molar refractivity (Wildman–Crippen MR) is 118 cm³/mol. The van der Waals surface area contributed by atoms with Crippen molar-refractivity contribution in [1.29, 1.82) is 0 Å². The first-order valence-corrected chi connectivity index (χ1v) is 11.3. The highest BCUT2D eigenvalue weighted by Crippen LogP contribution is 2.29. The smallest absolute Gasteiger partial charge is 0.274 e. The van der Waals surface area contributed by atoms with Gasteiger partial charge in [0.25, 0.3) is 11.8 Å². The number of aryl methyl sites for hydroxylation is 1. The lowest BCUT2D eigenvalue weighted by atomic mass is 10.1. The summed E-state index contributed by atoms with van der Waals surface area (Å²) in [5.74, 6) is -1.60. The van der Waals surface area contributed by atoms with Gasteiger partial charge in [0, 0.05) is 38.2 Å². The molecule has 2 aliphatic rings. The molecule has 0 aliphatic carbocycles. The predicted octanol–water partition coefficient (Wildman–Crippen LogP) is 4.35. The Morgan fingerprint density at radius 3 is 2.69 bits per heavy atom. The number of hydrogen-bond acceptors (Lipinski definition) is 3. The Hall–Kier alpha value is -3.03. The summed E-state index contributed by atoms with van der Waals surface area (Å²) < 4.78 is 29.3. The minimum Gasteiger partial charge on any atom is -0.333 e. The standard InChI is InChI=1S/C24H28F2N4O2/c1-2-3-14-30(23(31)17-10-11-18(25)19(26)16-17)22-21(24(32)28-12-6-4-7-13-28)29-15-8-5-9-20(29)27-22/h4,6,10-11,16H,2-3,5,7-9,12-15H2,1H3. The maximum absolute atomic E-state index is 13.9. The van der Waals surface area contributed by atoms with Crippen molar-refractivity contribution >= 4 is 17.6 Å². The van der Waals surface area contributed by atoms with Gasteiger partial charge >= 0.3 is 0 Å². The average Bonchev–Trinajstić information content (AvgIpc) is 3.20. The molecule has 1 aromatic carbocycles. The van der Waals surface area contributed by atoms with E-state index in [-0.39, 0.29) is 11.5 Å². The average molecular weight is 443 g/mol. The number of aromatic nitrogens is 2. The summed E-state index contributed by atoms with van der Waals surface area (Å²) in [5.41, 5.74) is 0.451. The number of anilines is 1. The van der Waals surface area contributed by atoms with Gasteiger partial charge in [0.05, 0.1) is 0 Å². The van der Waals surface area contributed by atoms with Gasteiger partial charge in [-0.1, -0.05) is 25.5 Å². The molecule has 3 heterocycles. The first-order chi connectivity index (χ1) is 15.5. The summed E-state index contributed by atoms with van der Waals surface area (Å²) in [5, 5.41) is 0. The molecule has 32 heavy (non-hydrogen) atoms. The molecule has 0 fully saturated rings. The molecule has 2 aliphatic heterocycles. The monoisotopic (exact) mass is 442 g/mol. The highest BCUT2D eigenvalue weighted by Gasteiger charge is 2.33. The Morgan fingerprint density at radius 1 is 1.12 bits per heavy atom. The molecule has 2 aromatic rings. The van der Waals surface area contributed by atoms with Crippen LogP contribution in [0.1, 0.15) is 65.7 Å². The Kier molecular flexibility index (Phi) is 6.67. The van der Waals surface area contributed by atoms with Crippen LogP contribution in [0.2, 0.25) is 0 Å². The molecule has 0 spiro atoms. The van der Waals surface area contributed by atoms with Gasteiger partial charge in [-0.25, -0.2) is 13.8 Å². The van der Waals surface area contributed by atoms with E-state index in [1.807, 2.05) is 17.6 Å². The molecule has 0 atom stereocenters. The number of carbonyl (C=O) groups is 2. The highest BCUT2D eigenvalue weighted by molar-refractivity contribution is 6.09. The molecule has 0 saturated heterocycles. The topological polar surface area (TPSA) is 58.4 Å². The third-order valence-corrected chi connectivity index (χ3v) is 6.01. The highest BCUT2D eigenvalue weighted by atomic mass is 19.2. The molecule has 0 radical (unpaired) electrons. The van der Waals surface area contributed by atoms with Gasteiger partial charge in [-0.2, -0.15) is 0 Å². The zero-order valence-electron chi connectivity index (χ0n) is 18.3. The minimum atomic E-state index is -1.08. The lowest BCUT2D eigenvalue weighted by molar-refractivity contribution is 0.0759. The first-order valence-electron chi connectivity index (χ1n) is 11.3. The van der Waals surface area contributed by atoms with E-state index in [2.05, 4.69) is 6.08 Å². The van der Waals surface area contributed by atoms with Gasteiger partial charge in [-0.05, 0) is 43.9 Å². The van der Waals surface area contributed by atoms with Crippen molar-refractivity contribution in [2.45, 2.75) is 52.0 Å². The molecular weight excluding hydrogens is 414 g/mol. The summed E-state index contributed by atoms with van der Waals surface area (Å²) >= 11 is 0. The Morgan fingerprint density at radius 2 is 1.97 bits per heavy atom. The van der Waals surface area contributed by atoms with Crippen molar-refractivity contribution in [1.82, 2.24) is 14.5 Å². The number of carbonyl (C=O) groups excluding carboxylic acids is 2. The number of unbranched alkanes of at least 4 members (excludes halogenated alkanes) is 1. The number of halogens is 2. The lowest BCUT2D eigenvalue weighted by Crippen LogP contribution is -2.38. The van der Waals surface area contributed by atoms with Crippen LogP contribution in [0.4, 0.5) is 14.6 Å². The summed E-state index contributed by atoms with van der Waals surface area (Å²) in [4.78, 5) is 35.0. The summed E-state index contributed by atoms with van der Waals surface area (Å²) in [7, 11) is 0. The summed E-state index contributed by atoms with van der Waals surface area (Å²) in [6.07, 6.45) is 8.98. The van der Waals surface area contributed by atoms with E-state index in [9.17, 15) is 18.4 Å². The molecule has 0 bridgehead atoms. The Balaban J connectivity index is 1.78. The number of imidazole rings is 1. The normalized spacial score (nSPS) is 15.5. The zero-order chi connectivity index (χ0) is 22.7. The second kappa shape index (κ2) is 9.63. The molecule has 6 nitrogen and oxygen atoms in total. The van der Waals surface area contributed by atoms with Crippen LogP contribution in [0, 0.1) is 11.6 Å². The van der Waals surface area contributed by atoms with Crippen molar-refractivity contribution in [2.24, 2.45) is 0 Å². The molecule has 4 rings (SSSR count). The summed E-state index contributed by atoms with van der Waals surface area (Å²) in [6.45, 7) is 4.15. The van der Waals surface area contributed by atoms with Gasteiger partial charge in [0.1, 0.15) is 5.82 Å². The number of fused-ring (bicyclic) bond motifs is 1. The van der Waals surface area contributed by atoms with E-state index >= 15 is 0 Å². The van der Waals surface area contributed by atoms with Gasteiger partial charge in [-0.15, -0.1) is 0 Å².